The number of hydrogen-bond donors (Lipinski definition) is 1. The van der Waals surface area contributed by atoms with Crippen LogP contribution < -0.4 is 5.73 Å². The first-order chi connectivity index (χ1) is 15.3. The molecule has 0 radical (unpaired) electrons. The lowest BCUT2D eigenvalue weighted by atomic mass is 10.1. The fraction of sp³-hybridized carbons (Fsp3) is 0.429. The molecule has 2 aromatic heterocycles. The van der Waals surface area contributed by atoms with Crippen LogP contribution in [0.4, 0.5) is 5.82 Å². The normalized spacial score (nSPS) is 26.3. The van der Waals surface area contributed by atoms with Gasteiger partial charge >= 0.3 is 5.97 Å². The topological polar surface area (TPSA) is 124 Å². The summed E-state index contributed by atoms with van der Waals surface area (Å²) in [7, 11) is 0. The van der Waals surface area contributed by atoms with Gasteiger partial charge in [-0.1, -0.05) is 28.1 Å². The molecule has 1 aromatic carbocycles. The number of halogens is 1. The molecule has 2 N–H and O–H groups in total. The van der Waals surface area contributed by atoms with Crippen LogP contribution in [0.3, 0.4) is 0 Å². The Hall–Kier alpha value is -2.60. The van der Waals surface area contributed by atoms with Gasteiger partial charge in [0, 0.05) is 4.47 Å². The minimum absolute atomic E-state index is 0.0354. The maximum atomic E-state index is 12.4. The molecule has 4 heterocycles. The number of rotatable bonds is 5. The number of nitrogen functional groups attached to an aromatic ring is 1. The second-order valence-electron chi connectivity index (χ2n) is 8.20. The summed E-state index contributed by atoms with van der Waals surface area (Å²) in [6.07, 6.45) is 1.17. The molecule has 0 unspecified atom stereocenters. The molecule has 3 aromatic rings. The predicted molar refractivity (Wildman–Crippen MR) is 116 cm³/mol. The molecule has 32 heavy (non-hydrogen) atoms. The van der Waals surface area contributed by atoms with Gasteiger partial charge in [0.05, 0.1) is 12.7 Å². The molecule has 2 aliphatic rings. The Labute approximate surface area is 192 Å². The zero-order valence-electron chi connectivity index (χ0n) is 17.5. The van der Waals surface area contributed by atoms with Crippen LogP contribution >= 0.6 is 15.9 Å². The maximum absolute atomic E-state index is 12.4. The van der Waals surface area contributed by atoms with E-state index in [4.69, 9.17) is 24.7 Å². The van der Waals surface area contributed by atoms with Crippen LogP contribution in [0.15, 0.2) is 41.4 Å². The van der Waals surface area contributed by atoms with Crippen molar-refractivity contribution in [3.05, 3.63) is 47.0 Å². The Morgan fingerprint density at radius 1 is 1.25 bits per heavy atom. The average Bonchev–Trinajstić information content (AvgIpc) is 3.38. The van der Waals surface area contributed by atoms with Crippen molar-refractivity contribution in [1.82, 2.24) is 19.5 Å². The third-order valence-electron chi connectivity index (χ3n) is 5.43. The van der Waals surface area contributed by atoms with Crippen LogP contribution in [-0.2, 0) is 30.2 Å². The zero-order valence-corrected chi connectivity index (χ0v) is 19.1. The number of imidazole rings is 1. The monoisotopic (exact) mass is 503 g/mol. The molecule has 168 valence electrons. The molecule has 0 saturated carbocycles. The lowest BCUT2D eigenvalue weighted by molar-refractivity contribution is -0.202. The van der Waals surface area contributed by atoms with Crippen molar-refractivity contribution in [3.63, 3.8) is 0 Å². The number of nitrogens with two attached hydrogens (primary N) is 1. The summed E-state index contributed by atoms with van der Waals surface area (Å²) >= 11 is 3.41. The average molecular weight is 504 g/mol. The summed E-state index contributed by atoms with van der Waals surface area (Å²) in [4.78, 5) is 25.0. The van der Waals surface area contributed by atoms with E-state index in [2.05, 4.69) is 30.9 Å². The van der Waals surface area contributed by atoms with E-state index >= 15 is 0 Å². The summed E-state index contributed by atoms with van der Waals surface area (Å²) in [6, 6.07) is 7.53. The van der Waals surface area contributed by atoms with Gasteiger partial charge in [-0.05, 0) is 31.5 Å². The first-order valence-corrected chi connectivity index (χ1v) is 10.9. The number of fused-ring (bicyclic) bond motifs is 2. The van der Waals surface area contributed by atoms with E-state index in [0.29, 0.717) is 11.2 Å². The van der Waals surface area contributed by atoms with E-state index < -0.39 is 30.3 Å². The van der Waals surface area contributed by atoms with E-state index in [0.717, 1.165) is 10.0 Å². The molecule has 0 amide bonds. The van der Waals surface area contributed by atoms with Gasteiger partial charge in [-0.3, -0.25) is 9.36 Å². The third-order valence-corrected chi connectivity index (χ3v) is 5.93. The Kier molecular flexibility index (Phi) is 5.36. The van der Waals surface area contributed by atoms with Crippen molar-refractivity contribution in [1.29, 1.82) is 0 Å². The number of benzene rings is 1. The number of carbonyl (C=O) groups is 1. The highest BCUT2D eigenvalue weighted by Gasteiger charge is 2.56. The van der Waals surface area contributed by atoms with E-state index in [9.17, 15) is 4.79 Å². The van der Waals surface area contributed by atoms with Crippen LogP contribution in [0.5, 0.6) is 0 Å². The lowest BCUT2D eigenvalue weighted by Gasteiger charge is -2.24. The highest BCUT2D eigenvalue weighted by Crippen LogP contribution is 2.43. The van der Waals surface area contributed by atoms with E-state index in [-0.39, 0.29) is 24.8 Å². The van der Waals surface area contributed by atoms with Gasteiger partial charge in [0.15, 0.2) is 23.5 Å². The smallest absolute Gasteiger partial charge is 0.310 e. The molecule has 11 heteroatoms. The molecular weight excluding hydrogens is 482 g/mol. The second-order valence-corrected chi connectivity index (χ2v) is 9.12. The molecule has 2 saturated heterocycles. The molecule has 2 fully saturated rings. The Morgan fingerprint density at radius 2 is 2.06 bits per heavy atom. The van der Waals surface area contributed by atoms with E-state index in [1.165, 1.54) is 6.33 Å². The lowest BCUT2D eigenvalue weighted by Crippen LogP contribution is -2.33. The summed E-state index contributed by atoms with van der Waals surface area (Å²) < 4.78 is 26.6. The van der Waals surface area contributed by atoms with Crippen LogP contribution in [0, 0.1) is 0 Å². The van der Waals surface area contributed by atoms with Crippen LogP contribution in [0.2, 0.25) is 0 Å². The van der Waals surface area contributed by atoms with E-state index in [1.807, 2.05) is 38.1 Å². The molecule has 4 atom stereocenters. The number of hydrogen-bond acceptors (Lipinski definition) is 9. The summed E-state index contributed by atoms with van der Waals surface area (Å²) in [5.74, 6) is -0.871. The van der Waals surface area contributed by atoms with Crippen molar-refractivity contribution < 1.29 is 23.7 Å². The van der Waals surface area contributed by atoms with Gasteiger partial charge < -0.3 is 24.7 Å². The van der Waals surface area contributed by atoms with Crippen molar-refractivity contribution in [2.24, 2.45) is 0 Å². The largest absolute Gasteiger partial charge is 0.463 e. The van der Waals surface area contributed by atoms with E-state index in [1.54, 1.807) is 10.9 Å². The van der Waals surface area contributed by atoms with Crippen LogP contribution in [0.25, 0.3) is 11.2 Å². The quantitative estimate of drug-likeness (QED) is 0.522. The summed E-state index contributed by atoms with van der Waals surface area (Å²) in [5, 5.41) is 0. The molecule has 5 rings (SSSR count). The van der Waals surface area contributed by atoms with Crippen molar-refractivity contribution in [2.75, 3.05) is 12.3 Å². The Bertz CT molecular complexity index is 1170. The zero-order chi connectivity index (χ0) is 22.5. The van der Waals surface area contributed by atoms with Crippen LogP contribution in [0.1, 0.15) is 25.6 Å². The maximum Gasteiger partial charge on any atom is 0.310 e. The Balaban J connectivity index is 1.33. The van der Waals surface area contributed by atoms with Crippen molar-refractivity contribution in [3.8, 4) is 0 Å². The number of aromatic nitrogens is 4. The summed E-state index contributed by atoms with van der Waals surface area (Å²) in [5.41, 5.74) is 7.78. The first-order valence-electron chi connectivity index (χ1n) is 10.1. The minimum atomic E-state index is -0.805. The highest BCUT2D eigenvalue weighted by molar-refractivity contribution is 9.10. The van der Waals surface area contributed by atoms with Crippen molar-refractivity contribution >= 4 is 38.9 Å². The fourth-order valence-corrected chi connectivity index (χ4v) is 4.56. The molecule has 0 aliphatic carbocycles. The van der Waals surface area contributed by atoms with Gasteiger partial charge in [0.2, 0.25) is 0 Å². The fourth-order valence-electron chi connectivity index (χ4n) is 4.11. The molecule has 0 bridgehead atoms. The van der Waals surface area contributed by atoms with Gasteiger partial charge in [-0.2, -0.15) is 0 Å². The second kappa shape index (κ2) is 8.07. The molecule has 2 aliphatic heterocycles. The van der Waals surface area contributed by atoms with Gasteiger partial charge in [0.25, 0.3) is 0 Å². The standard InChI is InChI=1S/C21H22BrN5O5/c1-21(2)31-16-13(8-29-14(28)7-11-4-3-5-12(22)6-11)30-20(17(16)32-21)27-10-26-15-18(23)24-9-25-19(15)27/h3-6,9-10,13,16-17,20H,7-8H2,1-2H3,(H2,23,24,25)/t13-,16-,17-,20-/m1/s1. The third kappa shape index (κ3) is 3.96. The predicted octanol–water partition coefficient (Wildman–Crippen LogP) is 2.37. The number of anilines is 1. The number of nitrogens with zero attached hydrogens (tertiary/aromatic N) is 4. The molecule has 10 nitrogen and oxygen atoms in total. The molecule has 0 spiro atoms. The van der Waals surface area contributed by atoms with Crippen LogP contribution in [-0.4, -0.2) is 56.2 Å². The minimum Gasteiger partial charge on any atom is -0.463 e. The Morgan fingerprint density at radius 3 is 2.88 bits per heavy atom. The number of carbonyl (C=O) groups excluding carboxylic acids is 1. The van der Waals surface area contributed by atoms with Gasteiger partial charge in [-0.25, -0.2) is 15.0 Å². The number of esters is 1. The summed E-state index contributed by atoms with van der Waals surface area (Å²) in [6.45, 7) is 3.71. The highest BCUT2D eigenvalue weighted by atomic mass is 79.9. The molecular formula is C21H22BrN5O5. The van der Waals surface area contributed by atoms with Crippen molar-refractivity contribution in [2.45, 2.75) is 50.6 Å². The SMILES string of the molecule is CC1(C)O[C@@H]2[C@H](O1)[C@@H](COC(=O)Cc1cccc(Br)c1)O[C@H]2n1cnc2c(N)ncnc21. The van der Waals surface area contributed by atoms with Gasteiger partial charge in [0.1, 0.15) is 36.8 Å². The van der Waals surface area contributed by atoms with Gasteiger partial charge in [-0.15, -0.1) is 0 Å². The first kappa shape index (κ1) is 21.3. The number of ether oxygens (including phenoxy) is 4.